The van der Waals surface area contributed by atoms with Crippen molar-refractivity contribution in [1.82, 2.24) is 5.32 Å². The summed E-state index contributed by atoms with van der Waals surface area (Å²) >= 11 is 0. The average molecular weight is 223 g/mol. The predicted molar refractivity (Wildman–Crippen MR) is 54.7 cm³/mol. The molecule has 1 N–H and O–H groups in total. The number of alkyl halides is 3. The summed E-state index contributed by atoms with van der Waals surface area (Å²) < 4.78 is 35.5. The highest BCUT2D eigenvalue weighted by Crippen LogP contribution is 2.30. The van der Waals surface area contributed by atoms with E-state index in [9.17, 15) is 13.2 Å². The number of halogens is 3. The smallest absolute Gasteiger partial charge is 0.309 e. The highest BCUT2D eigenvalue weighted by molar-refractivity contribution is 4.71. The lowest BCUT2D eigenvalue weighted by molar-refractivity contribution is -0.124. The molecule has 2 unspecified atom stereocenters. The third kappa shape index (κ3) is 6.03. The molecule has 0 saturated heterocycles. The molecule has 1 nitrogen and oxygen atoms in total. The van der Waals surface area contributed by atoms with E-state index in [1.807, 2.05) is 0 Å². The number of nitrogens with one attached hydrogen (secondary N) is 1. The van der Waals surface area contributed by atoms with Crippen LogP contribution in [0.3, 0.4) is 0 Å². The Kier molecular flexibility index (Phi) is 4.90. The van der Waals surface area contributed by atoms with Crippen molar-refractivity contribution in [2.75, 3.05) is 13.1 Å². The molecule has 0 amide bonds. The van der Waals surface area contributed by atoms with E-state index in [2.05, 4.69) is 12.2 Å². The first-order valence-electron chi connectivity index (χ1n) is 5.75. The zero-order valence-electron chi connectivity index (χ0n) is 9.24. The Bertz CT molecular complexity index is 179. The first-order chi connectivity index (χ1) is 6.97. The summed E-state index contributed by atoms with van der Waals surface area (Å²) in [5.74, 6) is 1.39. The van der Waals surface area contributed by atoms with Gasteiger partial charge >= 0.3 is 6.18 Å². The summed E-state index contributed by atoms with van der Waals surface area (Å²) in [5, 5.41) is 2.46. The second-order valence-corrected chi connectivity index (χ2v) is 4.72. The minimum absolute atomic E-state index is 0.497. The van der Waals surface area contributed by atoms with Gasteiger partial charge in [0.15, 0.2) is 0 Å². The van der Waals surface area contributed by atoms with Crippen molar-refractivity contribution in [3.63, 3.8) is 0 Å². The molecule has 2 atom stereocenters. The van der Waals surface area contributed by atoms with Gasteiger partial charge < -0.3 is 5.32 Å². The van der Waals surface area contributed by atoms with Crippen LogP contribution in [0.15, 0.2) is 0 Å². The van der Waals surface area contributed by atoms with E-state index in [0.29, 0.717) is 12.5 Å². The molecule has 0 bridgehead atoms. The largest absolute Gasteiger partial charge is 0.401 e. The maximum atomic E-state index is 11.8. The Hall–Kier alpha value is -0.250. The highest BCUT2D eigenvalue weighted by Gasteiger charge is 2.26. The van der Waals surface area contributed by atoms with E-state index >= 15 is 0 Å². The van der Waals surface area contributed by atoms with Crippen molar-refractivity contribution in [3.8, 4) is 0 Å². The van der Waals surface area contributed by atoms with Gasteiger partial charge in [-0.3, -0.25) is 0 Å². The fourth-order valence-electron chi connectivity index (χ4n) is 2.36. The minimum Gasteiger partial charge on any atom is -0.309 e. The van der Waals surface area contributed by atoms with Gasteiger partial charge in [-0.25, -0.2) is 0 Å². The Balaban J connectivity index is 2.04. The standard InChI is InChI=1S/C11H20F3N/c1-9-3-2-4-10(7-9)5-6-15-8-11(12,13)14/h9-10,15H,2-8H2,1H3. The zero-order chi connectivity index (χ0) is 11.3. The first kappa shape index (κ1) is 12.8. The van der Waals surface area contributed by atoms with Gasteiger partial charge in [-0.15, -0.1) is 0 Å². The monoisotopic (exact) mass is 223 g/mol. The molecule has 0 spiro atoms. The fraction of sp³-hybridized carbons (Fsp3) is 1.00. The van der Waals surface area contributed by atoms with E-state index in [1.165, 1.54) is 25.7 Å². The molecule has 0 radical (unpaired) electrons. The molecule has 0 heterocycles. The molecule has 1 fully saturated rings. The van der Waals surface area contributed by atoms with Crippen LogP contribution in [0.1, 0.15) is 39.0 Å². The van der Waals surface area contributed by atoms with E-state index in [1.54, 1.807) is 0 Å². The first-order valence-corrected chi connectivity index (χ1v) is 5.75. The van der Waals surface area contributed by atoms with Crippen molar-refractivity contribution in [3.05, 3.63) is 0 Å². The molecule has 1 aliphatic carbocycles. The fourth-order valence-corrected chi connectivity index (χ4v) is 2.36. The minimum atomic E-state index is -4.07. The highest BCUT2D eigenvalue weighted by atomic mass is 19.4. The van der Waals surface area contributed by atoms with Crippen molar-refractivity contribution >= 4 is 0 Å². The van der Waals surface area contributed by atoms with Crippen LogP contribution < -0.4 is 5.32 Å². The summed E-state index contributed by atoms with van der Waals surface area (Å²) in [5.41, 5.74) is 0. The van der Waals surface area contributed by atoms with Crippen LogP contribution in [-0.2, 0) is 0 Å². The van der Waals surface area contributed by atoms with Crippen LogP contribution in [-0.4, -0.2) is 19.3 Å². The van der Waals surface area contributed by atoms with Gasteiger partial charge in [0.1, 0.15) is 0 Å². The Morgan fingerprint density at radius 2 is 2.00 bits per heavy atom. The molecule has 0 aromatic carbocycles. The topological polar surface area (TPSA) is 12.0 Å². The number of hydrogen-bond donors (Lipinski definition) is 1. The van der Waals surface area contributed by atoms with E-state index in [4.69, 9.17) is 0 Å². The molecular formula is C11H20F3N. The molecule has 15 heavy (non-hydrogen) atoms. The average Bonchev–Trinajstić information content (AvgIpc) is 2.11. The van der Waals surface area contributed by atoms with Gasteiger partial charge in [0.05, 0.1) is 6.54 Å². The van der Waals surface area contributed by atoms with Gasteiger partial charge in [0, 0.05) is 0 Å². The van der Waals surface area contributed by atoms with Crippen LogP contribution in [0, 0.1) is 11.8 Å². The van der Waals surface area contributed by atoms with E-state index < -0.39 is 12.7 Å². The quantitative estimate of drug-likeness (QED) is 0.721. The zero-order valence-corrected chi connectivity index (χ0v) is 9.24. The summed E-state index contributed by atoms with van der Waals surface area (Å²) in [6.45, 7) is 1.88. The Morgan fingerprint density at radius 1 is 1.27 bits per heavy atom. The lowest BCUT2D eigenvalue weighted by Gasteiger charge is -2.26. The van der Waals surface area contributed by atoms with Gasteiger partial charge in [0.2, 0.25) is 0 Å². The molecule has 0 aromatic rings. The van der Waals surface area contributed by atoms with E-state index in [-0.39, 0.29) is 0 Å². The molecular weight excluding hydrogens is 203 g/mol. The second kappa shape index (κ2) is 5.73. The summed E-state index contributed by atoms with van der Waals surface area (Å²) in [6, 6.07) is 0. The van der Waals surface area contributed by atoms with Crippen LogP contribution in [0.2, 0.25) is 0 Å². The molecule has 0 aliphatic heterocycles. The van der Waals surface area contributed by atoms with Crippen LogP contribution in [0.4, 0.5) is 13.2 Å². The third-order valence-electron chi connectivity index (χ3n) is 3.10. The number of rotatable bonds is 4. The van der Waals surface area contributed by atoms with Crippen molar-refractivity contribution in [2.45, 2.75) is 45.2 Å². The third-order valence-corrected chi connectivity index (χ3v) is 3.10. The van der Waals surface area contributed by atoms with Gasteiger partial charge in [-0.05, 0) is 31.2 Å². The molecule has 1 rings (SSSR count). The van der Waals surface area contributed by atoms with Crippen molar-refractivity contribution in [2.24, 2.45) is 11.8 Å². The molecule has 0 aromatic heterocycles. The molecule has 4 heteroatoms. The summed E-state index contributed by atoms with van der Waals surface area (Å²) in [6.07, 6.45) is 1.73. The van der Waals surface area contributed by atoms with Gasteiger partial charge in [-0.1, -0.05) is 26.2 Å². The van der Waals surface area contributed by atoms with Crippen LogP contribution in [0.25, 0.3) is 0 Å². The number of hydrogen-bond acceptors (Lipinski definition) is 1. The SMILES string of the molecule is CC1CCCC(CCNCC(F)(F)F)C1. The maximum Gasteiger partial charge on any atom is 0.401 e. The van der Waals surface area contributed by atoms with Crippen LogP contribution in [0.5, 0.6) is 0 Å². The maximum absolute atomic E-state index is 11.8. The summed E-state index contributed by atoms with van der Waals surface area (Å²) in [7, 11) is 0. The predicted octanol–water partition coefficient (Wildman–Crippen LogP) is 3.35. The van der Waals surface area contributed by atoms with Crippen LogP contribution >= 0.6 is 0 Å². The lowest BCUT2D eigenvalue weighted by Crippen LogP contribution is -2.30. The van der Waals surface area contributed by atoms with Gasteiger partial charge in [-0.2, -0.15) is 13.2 Å². The molecule has 1 aliphatic rings. The molecule has 1 saturated carbocycles. The van der Waals surface area contributed by atoms with Crippen molar-refractivity contribution < 1.29 is 13.2 Å². The second-order valence-electron chi connectivity index (χ2n) is 4.72. The normalized spacial score (nSPS) is 28.0. The van der Waals surface area contributed by atoms with E-state index in [0.717, 1.165) is 12.3 Å². The lowest BCUT2D eigenvalue weighted by atomic mass is 9.81. The molecule has 90 valence electrons. The Labute approximate surface area is 89.4 Å². The summed E-state index contributed by atoms with van der Waals surface area (Å²) in [4.78, 5) is 0. The van der Waals surface area contributed by atoms with Crippen molar-refractivity contribution in [1.29, 1.82) is 0 Å². The van der Waals surface area contributed by atoms with Gasteiger partial charge in [0.25, 0.3) is 0 Å². The Morgan fingerprint density at radius 3 is 2.60 bits per heavy atom.